The third kappa shape index (κ3) is 3.43. The van der Waals surface area contributed by atoms with Gasteiger partial charge in [0.05, 0.1) is 0 Å². The number of amides is 1. The summed E-state index contributed by atoms with van der Waals surface area (Å²) < 4.78 is 13.6. The molecule has 100 valence electrons. The Morgan fingerprint density at radius 3 is 2.56 bits per heavy atom. The Bertz CT molecular complexity index is 401. The smallest absolute Gasteiger partial charge is 0.224 e. The van der Waals surface area contributed by atoms with Crippen molar-refractivity contribution in [1.82, 2.24) is 4.90 Å². The maximum absolute atomic E-state index is 13.6. The standard InChI is InChI=1S/C13H18ClFN2O/c1-3-17(4-2)12(18)8-11(16)13-9(14)6-5-7-10(13)15/h5-7,11H,3-4,8,16H2,1-2H3. The van der Waals surface area contributed by atoms with Gasteiger partial charge in [-0.05, 0) is 26.0 Å². The SMILES string of the molecule is CCN(CC)C(=O)CC(N)c1c(F)cccc1Cl. The van der Waals surface area contributed by atoms with Crippen LogP contribution in [0.3, 0.4) is 0 Å². The van der Waals surface area contributed by atoms with Crippen molar-refractivity contribution in [2.45, 2.75) is 26.3 Å². The summed E-state index contributed by atoms with van der Waals surface area (Å²) in [7, 11) is 0. The quantitative estimate of drug-likeness (QED) is 0.896. The number of nitrogens with two attached hydrogens (primary N) is 1. The van der Waals surface area contributed by atoms with Crippen LogP contribution in [0.15, 0.2) is 18.2 Å². The van der Waals surface area contributed by atoms with Gasteiger partial charge in [0, 0.05) is 36.1 Å². The van der Waals surface area contributed by atoms with E-state index < -0.39 is 11.9 Å². The van der Waals surface area contributed by atoms with Gasteiger partial charge >= 0.3 is 0 Å². The fourth-order valence-electron chi connectivity index (χ4n) is 1.86. The second kappa shape index (κ2) is 6.71. The van der Waals surface area contributed by atoms with Crippen molar-refractivity contribution in [2.75, 3.05) is 13.1 Å². The summed E-state index contributed by atoms with van der Waals surface area (Å²) in [6.45, 7) is 5.02. The monoisotopic (exact) mass is 272 g/mol. The largest absolute Gasteiger partial charge is 0.343 e. The van der Waals surface area contributed by atoms with Crippen molar-refractivity contribution >= 4 is 17.5 Å². The molecule has 18 heavy (non-hydrogen) atoms. The van der Waals surface area contributed by atoms with Gasteiger partial charge < -0.3 is 10.6 Å². The number of carbonyl (C=O) groups is 1. The molecule has 0 saturated carbocycles. The lowest BCUT2D eigenvalue weighted by molar-refractivity contribution is -0.131. The highest BCUT2D eigenvalue weighted by molar-refractivity contribution is 6.31. The van der Waals surface area contributed by atoms with Gasteiger partial charge in [-0.2, -0.15) is 0 Å². The van der Waals surface area contributed by atoms with Crippen molar-refractivity contribution < 1.29 is 9.18 Å². The molecular formula is C13H18ClFN2O. The van der Waals surface area contributed by atoms with Crippen LogP contribution in [0.1, 0.15) is 31.9 Å². The number of halogens is 2. The Hall–Kier alpha value is -1.13. The summed E-state index contributed by atoms with van der Waals surface area (Å²) in [4.78, 5) is 13.6. The summed E-state index contributed by atoms with van der Waals surface area (Å²) in [6, 6.07) is 3.66. The Labute approximate surface area is 112 Å². The topological polar surface area (TPSA) is 46.3 Å². The molecule has 0 bridgehead atoms. The average Bonchev–Trinajstić information content (AvgIpc) is 2.30. The fraction of sp³-hybridized carbons (Fsp3) is 0.462. The highest BCUT2D eigenvalue weighted by Gasteiger charge is 2.20. The Morgan fingerprint density at radius 2 is 2.06 bits per heavy atom. The first-order valence-corrected chi connectivity index (χ1v) is 6.36. The molecule has 0 aliphatic rings. The second-order valence-electron chi connectivity index (χ2n) is 4.01. The molecule has 1 aromatic rings. The van der Waals surface area contributed by atoms with Crippen molar-refractivity contribution in [2.24, 2.45) is 5.73 Å². The van der Waals surface area contributed by atoms with E-state index in [-0.39, 0.29) is 22.9 Å². The summed E-state index contributed by atoms with van der Waals surface area (Å²) in [5, 5.41) is 0.259. The van der Waals surface area contributed by atoms with E-state index in [1.807, 2.05) is 13.8 Å². The third-order valence-electron chi connectivity index (χ3n) is 2.88. The van der Waals surface area contributed by atoms with Crippen LogP contribution in [0.5, 0.6) is 0 Å². The zero-order valence-electron chi connectivity index (χ0n) is 10.6. The number of carbonyl (C=O) groups excluding carboxylic acids is 1. The zero-order valence-corrected chi connectivity index (χ0v) is 11.4. The first-order chi connectivity index (χ1) is 8.51. The summed E-state index contributed by atoms with van der Waals surface area (Å²) in [5.41, 5.74) is 6.08. The molecule has 0 saturated heterocycles. The maximum Gasteiger partial charge on any atom is 0.224 e. The molecule has 1 rings (SSSR count). The molecule has 1 unspecified atom stereocenters. The van der Waals surface area contributed by atoms with Gasteiger partial charge in [0.25, 0.3) is 0 Å². The van der Waals surface area contributed by atoms with Crippen molar-refractivity contribution in [3.8, 4) is 0 Å². The van der Waals surface area contributed by atoms with Crippen LogP contribution in [0.2, 0.25) is 5.02 Å². The van der Waals surface area contributed by atoms with Gasteiger partial charge in [-0.1, -0.05) is 17.7 Å². The lowest BCUT2D eigenvalue weighted by Crippen LogP contribution is -2.33. The molecule has 3 nitrogen and oxygen atoms in total. The molecule has 2 N–H and O–H groups in total. The first-order valence-electron chi connectivity index (χ1n) is 5.98. The highest BCUT2D eigenvalue weighted by Crippen LogP contribution is 2.26. The minimum atomic E-state index is -0.716. The van der Waals surface area contributed by atoms with Crippen LogP contribution in [0, 0.1) is 5.82 Å². The van der Waals surface area contributed by atoms with E-state index in [1.54, 1.807) is 11.0 Å². The van der Waals surface area contributed by atoms with Gasteiger partial charge in [0.2, 0.25) is 5.91 Å². The molecule has 0 aliphatic heterocycles. The molecule has 1 amide bonds. The summed E-state index contributed by atoms with van der Waals surface area (Å²) >= 11 is 5.91. The van der Waals surface area contributed by atoms with Crippen LogP contribution in [-0.2, 0) is 4.79 Å². The predicted octanol–water partition coefficient (Wildman–Crippen LogP) is 2.74. The summed E-state index contributed by atoms with van der Waals surface area (Å²) in [5.74, 6) is -0.561. The fourth-order valence-corrected chi connectivity index (χ4v) is 2.16. The van der Waals surface area contributed by atoms with Crippen LogP contribution in [0.4, 0.5) is 4.39 Å². The Morgan fingerprint density at radius 1 is 1.44 bits per heavy atom. The maximum atomic E-state index is 13.6. The predicted molar refractivity (Wildman–Crippen MR) is 70.9 cm³/mol. The molecule has 1 aromatic carbocycles. The van der Waals surface area contributed by atoms with Gasteiger partial charge in [-0.25, -0.2) is 4.39 Å². The third-order valence-corrected chi connectivity index (χ3v) is 3.21. The Balaban J connectivity index is 2.82. The highest BCUT2D eigenvalue weighted by atomic mass is 35.5. The molecule has 0 radical (unpaired) electrons. The van der Waals surface area contributed by atoms with Gasteiger partial charge in [-0.3, -0.25) is 4.79 Å². The number of rotatable bonds is 5. The summed E-state index contributed by atoms with van der Waals surface area (Å²) in [6.07, 6.45) is 0.0579. The normalized spacial score (nSPS) is 12.3. The molecule has 0 aromatic heterocycles. The van der Waals surface area contributed by atoms with E-state index in [0.29, 0.717) is 13.1 Å². The first kappa shape index (κ1) is 14.9. The van der Waals surface area contributed by atoms with Crippen LogP contribution in [-0.4, -0.2) is 23.9 Å². The second-order valence-corrected chi connectivity index (χ2v) is 4.42. The van der Waals surface area contributed by atoms with E-state index >= 15 is 0 Å². The molecule has 0 aliphatic carbocycles. The van der Waals surface area contributed by atoms with Crippen LogP contribution >= 0.6 is 11.6 Å². The number of hydrogen-bond acceptors (Lipinski definition) is 2. The lowest BCUT2D eigenvalue weighted by Gasteiger charge is -2.21. The van der Waals surface area contributed by atoms with Gasteiger partial charge in [-0.15, -0.1) is 0 Å². The van der Waals surface area contributed by atoms with Crippen molar-refractivity contribution in [3.05, 3.63) is 34.6 Å². The van der Waals surface area contributed by atoms with E-state index in [4.69, 9.17) is 17.3 Å². The van der Waals surface area contributed by atoms with E-state index in [1.165, 1.54) is 12.1 Å². The number of hydrogen-bond donors (Lipinski definition) is 1. The molecule has 5 heteroatoms. The number of nitrogens with zero attached hydrogens (tertiary/aromatic N) is 1. The molecule has 0 heterocycles. The van der Waals surface area contributed by atoms with Crippen molar-refractivity contribution in [3.63, 3.8) is 0 Å². The molecular weight excluding hydrogens is 255 g/mol. The minimum Gasteiger partial charge on any atom is -0.343 e. The van der Waals surface area contributed by atoms with Crippen LogP contribution < -0.4 is 5.73 Å². The lowest BCUT2D eigenvalue weighted by atomic mass is 10.0. The Kier molecular flexibility index (Phi) is 5.56. The molecule has 1 atom stereocenters. The minimum absolute atomic E-state index is 0.0579. The van der Waals surface area contributed by atoms with Crippen LogP contribution in [0.25, 0.3) is 0 Å². The van der Waals surface area contributed by atoms with Crippen molar-refractivity contribution in [1.29, 1.82) is 0 Å². The van der Waals surface area contributed by atoms with Gasteiger partial charge in [0.15, 0.2) is 0 Å². The van der Waals surface area contributed by atoms with E-state index in [9.17, 15) is 9.18 Å². The van der Waals surface area contributed by atoms with E-state index in [0.717, 1.165) is 0 Å². The molecule has 0 spiro atoms. The zero-order chi connectivity index (χ0) is 13.7. The average molecular weight is 273 g/mol. The van der Waals surface area contributed by atoms with E-state index in [2.05, 4.69) is 0 Å². The van der Waals surface area contributed by atoms with Gasteiger partial charge in [0.1, 0.15) is 5.82 Å². The molecule has 0 fully saturated rings. The number of benzene rings is 1.